The Kier molecular flexibility index (Phi) is 4.01. The zero-order chi connectivity index (χ0) is 11.5. The Balaban J connectivity index is 2.06. The normalized spacial score (nSPS) is 30.3. The molecule has 88 valence electrons. The van der Waals surface area contributed by atoms with Crippen LogP contribution in [0.15, 0.2) is 24.3 Å². The van der Waals surface area contributed by atoms with Gasteiger partial charge in [-0.15, -0.1) is 0 Å². The molecule has 0 heterocycles. The van der Waals surface area contributed by atoms with Crippen LogP contribution >= 0.6 is 15.9 Å². The van der Waals surface area contributed by atoms with Crippen molar-refractivity contribution in [2.24, 2.45) is 11.8 Å². The molecule has 1 saturated carbocycles. The van der Waals surface area contributed by atoms with Gasteiger partial charge in [0, 0.05) is 4.83 Å². The molecule has 3 atom stereocenters. The van der Waals surface area contributed by atoms with E-state index < -0.39 is 0 Å². The van der Waals surface area contributed by atoms with Crippen LogP contribution in [0, 0.1) is 17.7 Å². The van der Waals surface area contributed by atoms with Crippen molar-refractivity contribution >= 4 is 15.9 Å². The average Bonchev–Trinajstić information content (AvgIpc) is 2.27. The summed E-state index contributed by atoms with van der Waals surface area (Å²) in [6, 6.07) is 7.15. The molecule has 3 unspecified atom stereocenters. The van der Waals surface area contributed by atoms with E-state index in [0.717, 1.165) is 17.9 Å². The van der Waals surface area contributed by atoms with Gasteiger partial charge in [0.25, 0.3) is 0 Å². The maximum atomic E-state index is 13.6. The number of hydrogen-bond acceptors (Lipinski definition) is 0. The molecule has 1 aromatic rings. The first-order valence-corrected chi connectivity index (χ1v) is 6.96. The monoisotopic (exact) mass is 284 g/mol. The lowest BCUT2D eigenvalue weighted by Crippen LogP contribution is -2.25. The molecule has 0 spiro atoms. The smallest absolute Gasteiger partial charge is 0.126 e. The molecule has 0 radical (unpaired) electrons. The molecular weight excluding hydrogens is 267 g/mol. The zero-order valence-corrected chi connectivity index (χ0v) is 11.2. The van der Waals surface area contributed by atoms with Gasteiger partial charge >= 0.3 is 0 Å². The molecule has 1 aliphatic carbocycles. The Morgan fingerprint density at radius 2 is 2.06 bits per heavy atom. The van der Waals surface area contributed by atoms with E-state index in [1.54, 1.807) is 12.1 Å². The fourth-order valence-electron chi connectivity index (χ4n) is 2.62. The largest absolute Gasteiger partial charge is 0.207 e. The highest BCUT2D eigenvalue weighted by Gasteiger charge is 2.27. The van der Waals surface area contributed by atoms with Gasteiger partial charge in [0.2, 0.25) is 0 Å². The first-order chi connectivity index (χ1) is 7.66. The maximum Gasteiger partial charge on any atom is 0.126 e. The highest BCUT2D eigenvalue weighted by atomic mass is 79.9. The molecular formula is C14H18BrF. The summed E-state index contributed by atoms with van der Waals surface area (Å²) >= 11 is 3.74. The first-order valence-electron chi connectivity index (χ1n) is 6.04. The van der Waals surface area contributed by atoms with Crippen molar-refractivity contribution in [3.8, 4) is 0 Å². The summed E-state index contributed by atoms with van der Waals surface area (Å²) < 4.78 is 13.6. The standard InChI is InChI=1S/C14H18BrF/c1-10-6-7-13(15)12(8-10)9-11-4-2-3-5-14(11)16/h2-5,10,12-13H,6-9H2,1H3. The van der Waals surface area contributed by atoms with Crippen molar-refractivity contribution < 1.29 is 4.39 Å². The average molecular weight is 285 g/mol. The van der Waals surface area contributed by atoms with E-state index in [1.165, 1.54) is 19.3 Å². The minimum Gasteiger partial charge on any atom is -0.207 e. The van der Waals surface area contributed by atoms with E-state index in [4.69, 9.17) is 0 Å². The van der Waals surface area contributed by atoms with Crippen LogP contribution in [0.2, 0.25) is 0 Å². The topological polar surface area (TPSA) is 0 Å². The van der Waals surface area contributed by atoms with Gasteiger partial charge in [0.1, 0.15) is 5.82 Å². The zero-order valence-electron chi connectivity index (χ0n) is 9.63. The molecule has 16 heavy (non-hydrogen) atoms. The SMILES string of the molecule is CC1CCC(Br)C(Cc2ccccc2F)C1. The van der Waals surface area contributed by atoms with Gasteiger partial charge in [0.05, 0.1) is 0 Å². The number of benzene rings is 1. The number of halogens is 2. The summed E-state index contributed by atoms with van der Waals surface area (Å²) in [6.45, 7) is 2.30. The van der Waals surface area contributed by atoms with Crippen molar-refractivity contribution in [3.05, 3.63) is 35.6 Å². The lowest BCUT2D eigenvalue weighted by atomic mass is 9.79. The van der Waals surface area contributed by atoms with Gasteiger partial charge in [0.15, 0.2) is 0 Å². The van der Waals surface area contributed by atoms with Gasteiger partial charge in [-0.3, -0.25) is 0 Å². The summed E-state index contributed by atoms with van der Waals surface area (Å²) in [5, 5.41) is 0. The number of alkyl halides is 1. The summed E-state index contributed by atoms with van der Waals surface area (Å²) in [6.07, 6.45) is 4.60. The molecule has 0 nitrogen and oxygen atoms in total. The van der Waals surface area contributed by atoms with Gasteiger partial charge in [-0.25, -0.2) is 4.39 Å². The number of hydrogen-bond donors (Lipinski definition) is 0. The van der Waals surface area contributed by atoms with Crippen molar-refractivity contribution in [2.75, 3.05) is 0 Å². The molecule has 0 N–H and O–H groups in total. The second-order valence-electron chi connectivity index (χ2n) is 4.99. The van der Waals surface area contributed by atoms with Gasteiger partial charge in [-0.2, -0.15) is 0 Å². The lowest BCUT2D eigenvalue weighted by Gasteiger charge is -2.31. The summed E-state index contributed by atoms with van der Waals surface area (Å²) in [7, 11) is 0. The molecule has 0 amide bonds. The van der Waals surface area contributed by atoms with Gasteiger partial charge in [-0.05, 0) is 49.1 Å². The van der Waals surface area contributed by atoms with Crippen LogP contribution in [0.5, 0.6) is 0 Å². The third-order valence-corrected chi connectivity index (χ3v) is 4.80. The molecule has 0 saturated heterocycles. The molecule has 0 aromatic heterocycles. The minimum atomic E-state index is -0.0552. The van der Waals surface area contributed by atoms with E-state index in [2.05, 4.69) is 22.9 Å². The lowest BCUT2D eigenvalue weighted by molar-refractivity contribution is 0.292. The second kappa shape index (κ2) is 5.31. The van der Waals surface area contributed by atoms with Crippen molar-refractivity contribution in [2.45, 2.75) is 37.4 Å². The second-order valence-corrected chi connectivity index (χ2v) is 6.17. The van der Waals surface area contributed by atoms with Crippen molar-refractivity contribution in [3.63, 3.8) is 0 Å². The third kappa shape index (κ3) is 2.85. The highest BCUT2D eigenvalue weighted by Crippen LogP contribution is 2.35. The van der Waals surface area contributed by atoms with Crippen LogP contribution in [0.1, 0.15) is 31.7 Å². The van der Waals surface area contributed by atoms with Gasteiger partial charge in [-0.1, -0.05) is 41.1 Å². The van der Waals surface area contributed by atoms with Crippen LogP contribution in [0.3, 0.4) is 0 Å². The van der Waals surface area contributed by atoms with Crippen LogP contribution in [-0.4, -0.2) is 4.83 Å². The fraction of sp³-hybridized carbons (Fsp3) is 0.571. The minimum absolute atomic E-state index is 0.0552. The molecule has 2 rings (SSSR count). The van der Waals surface area contributed by atoms with Gasteiger partial charge < -0.3 is 0 Å². The van der Waals surface area contributed by atoms with Crippen LogP contribution in [0.25, 0.3) is 0 Å². The molecule has 0 aliphatic heterocycles. The Hall–Kier alpha value is -0.370. The van der Waals surface area contributed by atoms with Crippen LogP contribution in [-0.2, 0) is 6.42 Å². The molecule has 1 aliphatic rings. The summed E-state index contributed by atoms with van der Waals surface area (Å²) in [5.41, 5.74) is 0.867. The van der Waals surface area contributed by atoms with E-state index in [-0.39, 0.29) is 5.82 Å². The van der Waals surface area contributed by atoms with E-state index >= 15 is 0 Å². The Bertz CT molecular complexity index is 350. The highest BCUT2D eigenvalue weighted by molar-refractivity contribution is 9.09. The third-order valence-electron chi connectivity index (χ3n) is 3.59. The molecule has 0 bridgehead atoms. The Morgan fingerprint density at radius 3 is 2.81 bits per heavy atom. The predicted molar refractivity (Wildman–Crippen MR) is 69.3 cm³/mol. The van der Waals surface area contributed by atoms with Crippen molar-refractivity contribution in [1.29, 1.82) is 0 Å². The summed E-state index contributed by atoms with van der Waals surface area (Å²) in [5.74, 6) is 1.31. The predicted octanol–water partition coefficient (Wildman–Crippen LogP) is 4.57. The maximum absolute atomic E-state index is 13.6. The summed E-state index contributed by atoms with van der Waals surface area (Å²) in [4.78, 5) is 0.559. The van der Waals surface area contributed by atoms with Crippen LogP contribution in [0.4, 0.5) is 4.39 Å². The first kappa shape index (κ1) is 12.1. The van der Waals surface area contributed by atoms with Crippen molar-refractivity contribution in [1.82, 2.24) is 0 Å². The van der Waals surface area contributed by atoms with E-state index in [1.807, 2.05) is 12.1 Å². The Labute approximate surface area is 105 Å². The molecule has 1 aromatic carbocycles. The number of rotatable bonds is 2. The molecule has 2 heteroatoms. The Morgan fingerprint density at radius 1 is 1.31 bits per heavy atom. The molecule has 1 fully saturated rings. The van der Waals surface area contributed by atoms with E-state index in [9.17, 15) is 4.39 Å². The van der Waals surface area contributed by atoms with E-state index in [0.29, 0.717) is 10.7 Å². The quantitative estimate of drug-likeness (QED) is 0.698. The van der Waals surface area contributed by atoms with Crippen LogP contribution < -0.4 is 0 Å². The fourth-order valence-corrected chi connectivity index (χ4v) is 3.29.